The van der Waals surface area contributed by atoms with Gasteiger partial charge in [-0.3, -0.25) is 23.9 Å². The third kappa shape index (κ3) is 9.06. The number of amides is 4. The zero-order valence-corrected chi connectivity index (χ0v) is 38.8. The number of esters is 1. The Bertz CT molecular complexity index is 2510. The van der Waals surface area contributed by atoms with Crippen LogP contribution in [-0.4, -0.2) is 138 Å². The highest BCUT2D eigenvalue weighted by Gasteiger charge is 2.72. The Morgan fingerprint density at radius 1 is 0.900 bits per heavy atom. The van der Waals surface area contributed by atoms with Gasteiger partial charge in [0, 0.05) is 62.7 Å². The maximum atomic E-state index is 14.9. The molecule has 3 aromatic rings. The van der Waals surface area contributed by atoms with Gasteiger partial charge in [-0.2, -0.15) is 31.4 Å². The predicted molar refractivity (Wildman–Crippen MR) is 236 cm³/mol. The van der Waals surface area contributed by atoms with E-state index in [2.05, 4.69) is 10.4 Å². The fraction of sp³-hybridized carbons (Fsp3) is 0.600. The number of nitrogens with zero attached hydrogens (tertiary/aromatic N) is 5. The Morgan fingerprint density at radius 2 is 1.60 bits per heavy atom. The van der Waals surface area contributed by atoms with Crippen LogP contribution in [0, 0.1) is 22.2 Å². The zero-order valence-electron chi connectivity index (χ0n) is 38.8. The minimum Gasteiger partial charge on any atom is -0.462 e. The lowest BCUT2D eigenvalue weighted by molar-refractivity contribution is -0.205. The van der Waals surface area contributed by atoms with Gasteiger partial charge in [-0.15, -0.1) is 0 Å². The first-order valence-corrected chi connectivity index (χ1v) is 24.2. The monoisotopic (exact) mass is 982 g/mol. The molecule has 20 heteroatoms. The molecular weight excluding hydrogens is 927 g/mol. The van der Waals surface area contributed by atoms with Gasteiger partial charge in [0.15, 0.2) is 0 Å². The molecule has 8 aliphatic rings. The molecule has 1 spiro atoms. The number of nitrogens with one attached hydrogen (secondary N) is 1. The largest absolute Gasteiger partial charge is 0.462 e. The van der Waals surface area contributed by atoms with Crippen LogP contribution in [0.15, 0.2) is 54.9 Å². The Labute approximate surface area is 400 Å². The van der Waals surface area contributed by atoms with Crippen LogP contribution in [0.4, 0.5) is 26.3 Å². The number of likely N-dealkylation sites (tertiary alicyclic amines) is 3. The van der Waals surface area contributed by atoms with Crippen LogP contribution < -0.4 is 5.32 Å². The second kappa shape index (κ2) is 18.0. The number of hydrogen-bond acceptors (Lipinski definition) is 9. The van der Waals surface area contributed by atoms with Crippen LogP contribution in [0.5, 0.6) is 0 Å². The Balaban J connectivity index is 0.873. The molecule has 4 amide bonds. The van der Waals surface area contributed by atoms with Crippen LogP contribution in [0.25, 0.3) is 0 Å². The fourth-order valence-electron chi connectivity index (χ4n) is 11.7. The number of rotatable bonds is 12. The summed E-state index contributed by atoms with van der Waals surface area (Å²) in [7, 11) is 0. The van der Waals surface area contributed by atoms with Crippen molar-refractivity contribution >= 4 is 29.6 Å². The number of cyclic esters (lactones) is 1. The molecule has 0 unspecified atom stereocenters. The first kappa shape index (κ1) is 48.1. The number of carbonyl (C=O) groups excluding carboxylic acids is 5. The minimum atomic E-state index is -4.75. The first-order chi connectivity index (χ1) is 33.3. The maximum Gasteiger partial charge on any atom is 0.416 e. The molecule has 376 valence electrons. The number of hydrogen-bond donors (Lipinski definition) is 1. The van der Waals surface area contributed by atoms with E-state index in [0.29, 0.717) is 63.3 Å². The lowest BCUT2D eigenvalue weighted by Gasteiger charge is -2.51. The minimum absolute atomic E-state index is 0.0481. The van der Waals surface area contributed by atoms with Crippen LogP contribution in [-0.2, 0) is 47.7 Å². The molecule has 2 aliphatic carbocycles. The summed E-state index contributed by atoms with van der Waals surface area (Å²) in [6.45, 7) is 2.99. The molecular formula is C50H56F6N6O8. The number of benzene rings is 2. The van der Waals surface area contributed by atoms with Crippen molar-refractivity contribution in [3.05, 3.63) is 88.2 Å². The summed E-state index contributed by atoms with van der Waals surface area (Å²) in [5.74, 6) is -3.83. The molecule has 0 radical (unpaired) electrons. The van der Waals surface area contributed by atoms with Crippen molar-refractivity contribution in [2.24, 2.45) is 22.2 Å². The summed E-state index contributed by atoms with van der Waals surface area (Å²) in [4.78, 5) is 73.9. The molecule has 2 saturated carbocycles. The highest BCUT2D eigenvalue weighted by molar-refractivity contribution is 5.96. The van der Waals surface area contributed by atoms with Crippen molar-refractivity contribution in [3.8, 4) is 0 Å². The molecule has 2 aromatic carbocycles. The number of alkyl halides is 6. The van der Waals surface area contributed by atoms with Gasteiger partial charge in [0.05, 0.1) is 67.4 Å². The molecule has 6 aliphatic heterocycles. The SMILES string of the molecule is C[C@@H](OCC12CCC(CC1)OC2)[C@H](NC(=O)[C@@H]1CN(C(=O)c2cnn(Cc3ccc(C(F)(F)F)cc3)c2)CC12CN(C(=O)C1(C(F)(F)F)CC1)C2)C(=O)N1CCC(c2ccc3c(c2)CCOC3=O)CC1. The summed E-state index contributed by atoms with van der Waals surface area (Å²) in [5, 5.41) is 7.25. The lowest BCUT2D eigenvalue weighted by atomic mass is 9.70. The van der Waals surface area contributed by atoms with Crippen molar-refractivity contribution in [3.63, 3.8) is 0 Å². The Hall–Kier alpha value is -5.50. The molecule has 7 heterocycles. The van der Waals surface area contributed by atoms with Gasteiger partial charge in [0.2, 0.25) is 17.7 Å². The quantitative estimate of drug-likeness (QED) is 0.166. The van der Waals surface area contributed by atoms with Crippen molar-refractivity contribution in [1.82, 2.24) is 29.8 Å². The van der Waals surface area contributed by atoms with E-state index in [0.717, 1.165) is 53.8 Å². The van der Waals surface area contributed by atoms with Gasteiger partial charge in [0.25, 0.3) is 5.91 Å². The lowest BCUT2D eigenvalue weighted by Crippen LogP contribution is -2.67. The van der Waals surface area contributed by atoms with Crippen LogP contribution >= 0.6 is 0 Å². The zero-order chi connectivity index (χ0) is 49.4. The van der Waals surface area contributed by atoms with E-state index in [1.54, 1.807) is 17.9 Å². The third-order valence-electron chi connectivity index (χ3n) is 16.3. The van der Waals surface area contributed by atoms with Gasteiger partial charge in [-0.1, -0.05) is 24.3 Å². The average molecular weight is 983 g/mol. The van der Waals surface area contributed by atoms with E-state index in [-0.39, 0.29) is 80.4 Å². The Morgan fingerprint density at radius 3 is 2.24 bits per heavy atom. The highest BCUT2D eigenvalue weighted by Crippen LogP contribution is 2.60. The van der Waals surface area contributed by atoms with Crippen LogP contribution in [0.3, 0.4) is 0 Å². The molecule has 14 nitrogen and oxygen atoms in total. The fourth-order valence-corrected chi connectivity index (χ4v) is 11.7. The average Bonchev–Trinajstić information content (AvgIpc) is 3.89. The summed E-state index contributed by atoms with van der Waals surface area (Å²) in [6, 6.07) is 9.11. The van der Waals surface area contributed by atoms with E-state index in [1.807, 2.05) is 12.1 Å². The molecule has 5 saturated heterocycles. The molecule has 1 aromatic heterocycles. The van der Waals surface area contributed by atoms with E-state index in [4.69, 9.17) is 14.2 Å². The van der Waals surface area contributed by atoms with Gasteiger partial charge >= 0.3 is 18.3 Å². The summed E-state index contributed by atoms with van der Waals surface area (Å²) in [5.41, 5.74) is -1.51. The van der Waals surface area contributed by atoms with Gasteiger partial charge in [0.1, 0.15) is 11.5 Å². The van der Waals surface area contributed by atoms with Crippen molar-refractivity contribution in [2.45, 2.75) is 108 Å². The number of halogens is 6. The molecule has 7 fully saturated rings. The van der Waals surface area contributed by atoms with Crippen molar-refractivity contribution in [2.75, 3.05) is 59.1 Å². The highest BCUT2D eigenvalue weighted by atomic mass is 19.4. The van der Waals surface area contributed by atoms with E-state index < -0.39 is 64.5 Å². The van der Waals surface area contributed by atoms with E-state index in [1.165, 1.54) is 34.1 Å². The Kier molecular flexibility index (Phi) is 12.4. The molecule has 70 heavy (non-hydrogen) atoms. The number of carbonyl (C=O) groups is 5. The second-order valence-corrected chi connectivity index (χ2v) is 20.9. The molecule has 1 N–H and O–H groups in total. The molecule has 11 rings (SSSR count). The maximum absolute atomic E-state index is 14.9. The first-order valence-electron chi connectivity index (χ1n) is 24.2. The topological polar surface area (TPSA) is 153 Å². The summed E-state index contributed by atoms with van der Waals surface area (Å²) >= 11 is 0. The van der Waals surface area contributed by atoms with Crippen molar-refractivity contribution < 1.29 is 64.5 Å². The van der Waals surface area contributed by atoms with Crippen LogP contribution in [0.1, 0.15) is 107 Å². The van der Waals surface area contributed by atoms with Gasteiger partial charge in [-0.05, 0) is 99.1 Å². The number of ether oxygens (including phenoxy) is 3. The van der Waals surface area contributed by atoms with E-state index in [9.17, 15) is 50.3 Å². The second-order valence-electron chi connectivity index (χ2n) is 20.9. The number of fused-ring (bicyclic) bond motifs is 4. The third-order valence-corrected chi connectivity index (χ3v) is 16.3. The summed E-state index contributed by atoms with van der Waals surface area (Å²) in [6.07, 6.45) is -2.31. The normalized spacial score (nSPS) is 25.8. The van der Waals surface area contributed by atoms with Gasteiger partial charge < -0.3 is 34.2 Å². The molecule has 3 atom stereocenters. The number of piperidine rings is 1. The predicted octanol–water partition coefficient (Wildman–Crippen LogP) is 6.16. The molecule has 2 bridgehead atoms. The van der Waals surface area contributed by atoms with E-state index >= 15 is 0 Å². The standard InChI is InChI=1S/C50H56F6N6O8/c1-30(69-28-46-13-8-37(9-14-46)70-29-46)40(43(65)59-17-10-32(11-18-59)33-4-7-38-34(20-33)12-19-68-44(38)66)58-41(63)39-24-60(25-47(39)26-61(27-47)45(67)48(15-16-48)50(54,55)56)42(64)35-21-57-62(23-35)22-31-2-5-36(6-3-31)49(51,52)53/h2-7,20-21,23,30,32,37,39-40H,8-19,22,24-29H2,1H3,(H,58,63)/t30-,37?,39+,40+,46?/m1/s1. The number of aromatic nitrogens is 2. The smallest absolute Gasteiger partial charge is 0.416 e. The van der Waals surface area contributed by atoms with Crippen molar-refractivity contribution in [1.29, 1.82) is 0 Å². The van der Waals surface area contributed by atoms with Crippen LogP contribution in [0.2, 0.25) is 0 Å². The van der Waals surface area contributed by atoms with Gasteiger partial charge in [-0.25, -0.2) is 4.79 Å². The summed E-state index contributed by atoms with van der Waals surface area (Å²) < 4.78 is 101.